The van der Waals surface area contributed by atoms with Gasteiger partial charge in [0.2, 0.25) is 0 Å². The maximum Gasteiger partial charge on any atom is 0.297 e. The Morgan fingerprint density at radius 1 is 1.22 bits per heavy atom. The quantitative estimate of drug-likeness (QED) is 0.826. The number of fused-ring (bicyclic) bond motifs is 4. The van der Waals surface area contributed by atoms with Crippen LogP contribution in [0.25, 0.3) is 0 Å². The van der Waals surface area contributed by atoms with Crippen LogP contribution in [-0.2, 0) is 6.42 Å². The van der Waals surface area contributed by atoms with Gasteiger partial charge in [0, 0.05) is 25.2 Å². The molecule has 5 rings (SSSR count). The smallest absolute Gasteiger partial charge is 0.297 e. The third kappa shape index (κ3) is 3.22. The Morgan fingerprint density at radius 3 is 3.00 bits per heavy atom. The van der Waals surface area contributed by atoms with Crippen molar-refractivity contribution in [3.8, 4) is 5.75 Å². The van der Waals surface area contributed by atoms with Crippen LogP contribution in [0.5, 0.6) is 5.75 Å². The number of oxazole rings is 1. The molecule has 4 heterocycles. The number of methoxy groups -OCH3 is 1. The lowest BCUT2D eigenvalue weighted by Crippen LogP contribution is -2.64. The number of hydrogen-bond donors (Lipinski definition) is 0. The number of benzene rings is 1. The lowest BCUT2D eigenvalue weighted by Gasteiger charge is -2.56. The lowest BCUT2D eigenvalue weighted by atomic mass is 9.71. The fourth-order valence-corrected chi connectivity index (χ4v) is 5.76. The van der Waals surface area contributed by atoms with E-state index in [1.165, 1.54) is 37.8 Å². The first-order valence-corrected chi connectivity index (χ1v) is 10.3. The maximum absolute atomic E-state index is 5.64. The first kappa shape index (κ1) is 17.1. The van der Waals surface area contributed by atoms with Gasteiger partial charge in [-0.3, -0.25) is 4.90 Å². The molecule has 1 aromatic carbocycles. The zero-order valence-electron chi connectivity index (χ0n) is 16.1. The molecule has 0 amide bonds. The topological polar surface area (TPSA) is 41.7 Å². The van der Waals surface area contributed by atoms with Crippen molar-refractivity contribution in [2.75, 3.05) is 31.6 Å². The lowest BCUT2D eigenvalue weighted by molar-refractivity contribution is -0.0324. The van der Waals surface area contributed by atoms with Crippen molar-refractivity contribution in [3.63, 3.8) is 0 Å². The second-order valence-electron chi connectivity index (χ2n) is 8.40. The van der Waals surface area contributed by atoms with Gasteiger partial charge < -0.3 is 14.1 Å². The molecule has 0 aliphatic carbocycles. The first-order valence-electron chi connectivity index (χ1n) is 10.3. The SMILES string of the molecule is COc1cccc(C[C@H]2[C@H]3C[C@H](CN(c4ncco4)C3)[C@@H]3CCCCN32)c1. The number of anilines is 1. The Kier molecular flexibility index (Phi) is 4.56. The highest BCUT2D eigenvalue weighted by atomic mass is 16.5. The van der Waals surface area contributed by atoms with E-state index < -0.39 is 0 Å². The molecule has 27 heavy (non-hydrogen) atoms. The Morgan fingerprint density at radius 2 is 2.15 bits per heavy atom. The van der Waals surface area contributed by atoms with Crippen LogP contribution in [0.1, 0.15) is 31.2 Å². The summed E-state index contributed by atoms with van der Waals surface area (Å²) in [5.74, 6) is 2.36. The standard InChI is InChI=1S/C22H29N3O2/c1-26-19-6-4-5-16(11-19)12-21-18-13-17(20-7-2-3-9-25(20)21)14-24(15-18)22-23-8-10-27-22/h4-6,8,10-11,17-18,20-21H,2-3,7,9,12-15H2,1H3/t17-,18+,20+,21+/m1/s1. The van der Waals surface area contributed by atoms with Crippen molar-refractivity contribution >= 4 is 6.01 Å². The summed E-state index contributed by atoms with van der Waals surface area (Å²) in [5, 5.41) is 0. The summed E-state index contributed by atoms with van der Waals surface area (Å²) in [5.41, 5.74) is 1.38. The minimum Gasteiger partial charge on any atom is -0.497 e. The van der Waals surface area contributed by atoms with Gasteiger partial charge in [0.15, 0.2) is 0 Å². The van der Waals surface area contributed by atoms with Crippen LogP contribution in [0, 0.1) is 11.8 Å². The summed E-state index contributed by atoms with van der Waals surface area (Å²) in [6, 6.07) is 10.7. The van der Waals surface area contributed by atoms with Crippen molar-refractivity contribution in [3.05, 3.63) is 42.3 Å². The molecule has 1 aromatic heterocycles. The van der Waals surface area contributed by atoms with E-state index in [2.05, 4.69) is 33.0 Å². The molecule has 0 unspecified atom stereocenters. The third-order valence-corrected chi connectivity index (χ3v) is 6.89. The summed E-state index contributed by atoms with van der Waals surface area (Å²) >= 11 is 0. The Labute approximate surface area is 161 Å². The van der Waals surface area contributed by atoms with Crippen LogP contribution in [0.15, 0.2) is 41.1 Å². The molecule has 144 valence electrons. The molecular weight excluding hydrogens is 338 g/mol. The molecule has 0 N–H and O–H groups in total. The zero-order valence-corrected chi connectivity index (χ0v) is 16.1. The molecular formula is C22H29N3O2. The minimum absolute atomic E-state index is 0.594. The van der Waals surface area contributed by atoms with Crippen LogP contribution < -0.4 is 9.64 Å². The molecule has 5 heteroatoms. The molecule has 3 saturated heterocycles. The summed E-state index contributed by atoms with van der Waals surface area (Å²) in [4.78, 5) is 9.68. The molecule has 0 spiro atoms. The van der Waals surface area contributed by atoms with Crippen LogP contribution in [0.3, 0.4) is 0 Å². The predicted octanol–water partition coefficient (Wildman–Crippen LogP) is 3.61. The van der Waals surface area contributed by atoms with E-state index in [0.29, 0.717) is 18.0 Å². The van der Waals surface area contributed by atoms with Gasteiger partial charge >= 0.3 is 0 Å². The van der Waals surface area contributed by atoms with Gasteiger partial charge in [-0.1, -0.05) is 18.6 Å². The highest BCUT2D eigenvalue weighted by Crippen LogP contribution is 2.43. The summed E-state index contributed by atoms with van der Waals surface area (Å²) < 4.78 is 11.1. The fraction of sp³-hybridized carbons (Fsp3) is 0.591. The predicted molar refractivity (Wildman–Crippen MR) is 105 cm³/mol. The molecule has 0 saturated carbocycles. The van der Waals surface area contributed by atoms with Gasteiger partial charge in [0.1, 0.15) is 12.0 Å². The van der Waals surface area contributed by atoms with Crippen LogP contribution in [-0.4, -0.2) is 48.7 Å². The van der Waals surface area contributed by atoms with Crippen molar-refractivity contribution in [1.29, 1.82) is 0 Å². The van der Waals surface area contributed by atoms with E-state index in [9.17, 15) is 0 Å². The van der Waals surface area contributed by atoms with E-state index in [-0.39, 0.29) is 0 Å². The fourth-order valence-electron chi connectivity index (χ4n) is 5.76. The van der Waals surface area contributed by atoms with Crippen LogP contribution >= 0.6 is 0 Å². The monoisotopic (exact) mass is 367 g/mol. The number of piperidine rings is 3. The average molecular weight is 367 g/mol. The Hall–Kier alpha value is -2.01. The minimum atomic E-state index is 0.594. The van der Waals surface area contributed by atoms with E-state index in [1.54, 1.807) is 19.6 Å². The molecule has 0 radical (unpaired) electrons. The summed E-state index contributed by atoms with van der Waals surface area (Å²) in [6.07, 6.45) is 9.95. The highest BCUT2D eigenvalue weighted by molar-refractivity contribution is 5.31. The van der Waals surface area contributed by atoms with Gasteiger partial charge in [-0.05, 0) is 61.8 Å². The number of aromatic nitrogens is 1. The van der Waals surface area contributed by atoms with Gasteiger partial charge in [-0.2, -0.15) is 0 Å². The molecule has 3 aliphatic heterocycles. The molecule has 5 nitrogen and oxygen atoms in total. The zero-order chi connectivity index (χ0) is 18.2. The summed E-state index contributed by atoms with van der Waals surface area (Å²) in [6.45, 7) is 3.39. The largest absolute Gasteiger partial charge is 0.497 e. The van der Waals surface area contributed by atoms with Gasteiger partial charge in [0.05, 0.1) is 13.3 Å². The van der Waals surface area contributed by atoms with Crippen LogP contribution in [0.4, 0.5) is 6.01 Å². The van der Waals surface area contributed by atoms with Crippen molar-refractivity contribution in [2.24, 2.45) is 11.8 Å². The molecule has 3 aliphatic rings. The summed E-state index contributed by atoms with van der Waals surface area (Å²) in [7, 11) is 1.75. The second-order valence-corrected chi connectivity index (χ2v) is 8.40. The molecule has 4 atom stereocenters. The number of ether oxygens (including phenoxy) is 1. The Balaban J connectivity index is 1.43. The van der Waals surface area contributed by atoms with Crippen molar-refractivity contribution in [1.82, 2.24) is 9.88 Å². The van der Waals surface area contributed by atoms with Gasteiger partial charge in [0.25, 0.3) is 6.01 Å². The Bertz CT molecular complexity index is 763. The normalized spacial score (nSPS) is 30.8. The highest BCUT2D eigenvalue weighted by Gasteiger charge is 2.47. The van der Waals surface area contributed by atoms with Crippen molar-refractivity contribution in [2.45, 2.75) is 44.2 Å². The second kappa shape index (κ2) is 7.19. The average Bonchev–Trinajstić information content (AvgIpc) is 3.26. The van der Waals surface area contributed by atoms with Crippen LogP contribution in [0.2, 0.25) is 0 Å². The van der Waals surface area contributed by atoms with E-state index in [4.69, 9.17) is 9.15 Å². The molecule has 2 aromatic rings. The van der Waals surface area contributed by atoms with E-state index in [1.807, 2.05) is 6.07 Å². The first-order chi connectivity index (χ1) is 13.3. The number of hydrogen-bond acceptors (Lipinski definition) is 5. The van der Waals surface area contributed by atoms with E-state index in [0.717, 1.165) is 37.2 Å². The molecule has 2 bridgehead atoms. The van der Waals surface area contributed by atoms with Gasteiger partial charge in [-0.15, -0.1) is 0 Å². The third-order valence-electron chi connectivity index (χ3n) is 6.89. The number of nitrogens with zero attached hydrogens (tertiary/aromatic N) is 3. The van der Waals surface area contributed by atoms with Crippen molar-refractivity contribution < 1.29 is 9.15 Å². The molecule has 3 fully saturated rings. The van der Waals surface area contributed by atoms with E-state index >= 15 is 0 Å². The number of rotatable bonds is 4. The maximum atomic E-state index is 5.64. The van der Waals surface area contributed by atoms with Gasteiger partial charge in [-0.25, -0.2) is 4.98 Å².